The number of aryl methyl sites for hydroxylation is 1. The second-order valence-corrected chi connectivity index (χ2v) is 8.95. The Morgan fingerprint density at radius 3 is 2.55 bits per heavy atom. The van der Waals surface area contributed by atoms with Crippen LogP contribution in [0.4, 0.5) is 27.8 Å². The Morgan fingerprint density at radius 1 is 1.08 bits per heavy atom. The van der Waals surface area contributed by atoms with Crippen molar-refractivity contribution in [1.29, 1.82) is 0 Å². The number of aromatic nitrogens is 4. The number of rotatable bonds is 5. The largest absolute Gasteiger partial charge is 0.435 e. The van der Waals surface area contributed by atoms with Gasteiger partial charge in [0.05, 0.1) is 11.2 Å². The van der Waals surface area contributed by atoms with E-state index in [4.69, 9.17) is 0 Å². The number of halogens is 5. The van der Waals surface area contributed by atoms with Crippen molar-refractivity contribution in [3.8, 4) is 5.69 Å². The molecule has 0 bridgehead atoms. The van der Waals surface area contributed by atoms with Gasteiger partial charge in [-0.15, -0.1) is 5.10 Å². The van der Waals surface area contributed by atoms with Gasteiger partial charge in [0.2, 0.25) is 0 Å². The van der Waals surface area contributed by atoms with Crippen molar-refractivity contribution in [2.24, 2.45) is 0 Å². The van der Waals surface area contributed by atoms with Crippen LogP contribution >= 0.6 is 0 Å². The fraction of sp³-hybridized carbons (Fsp3) is 0.280. The summed E-state index contributed by atoms with van der Waals surface area (Å²) in [5, 5.41) is 12.6. The quantitative estimate of drug-likeness (QED) is 0.378. The predicted molar refractivity (Wildman–Crippen MR) is 129 cm³/mol. The lowest BCUT2D eigenvalue weighted by Gasteiger charge is -2.27. The van der Waals surface area contributed by atoms with E-state index in [0.29, 0.717) is 11.2 Å². The summed E-state index contributed by atoms with van der Waals surface area (Å²) in [5.41, 5.74) is -1.32. The smallest absolute Gasteiger partial charge is 0.314 e. The van der Waals surface area contributed by atoms with Gasteiger partial charge in [0.1, 0.15) is 17.5 Å². The van der Waals surface area contributed by atoms with Crippen molar-refractivity contribution in [1.82, 2.24) is 30.2 Å². The van der Waals surface area contributed by atoms with E-state index in [-0.39, 0.29) is 28.0 Å². The van der Waals surface area contributed by atoms with Crippen LogP contribution in [0.15, 0.2) is 42.5 Å². The molecule has 0 saturated carbocycles. The van der Waals surface area contributed by atoms with Gasteiger partial charge in [-0.1, -0.05) is 11.3 Å². The van der Waals surface area contributed by atoms with Crippen LogP contribution in [0.25, 0.3) is 16.6 Å². The molecule has 3 heterocycles. The van der Waals surface area contributed by atoms with Gasteiger partial charge in [0.25, 0.3) is 5.91 Å². The average molecular weight is 531 g/mol. The van der Waals surface area contributed by atoms with Gasteiger partial charge in [0.15, 0.2) is 11.4 Å². The summed E-state index contributed by atoms with van der Waals surface area (Å²) in [6.07, 6.45) is -5.03. The number of nitrogens with one attached hydrogen (secondary N) is 2. The maximum Gasteiger partial charge on any atom is 0.435 e. The number of carbonyl (C=O) groups excluding carboxylic acids is 1. The van der Waals surface area contributed by atoms with Crippen LogP contribution in [0.5, 0.6) is 0 Å². The number of anilines is 1. The fourth-order valence-electron chi connectivity index (χ4n) is 4.41. The molecule has 13 heteroatoms. The zero-order valence-electron chi connectivity index (χ0n) is 20.1. The van der Waals surface area contributed by atoms with Gasteiger partial charge >= 0.3 is 6.18 Å². The van der Waals surface area contributed by atoms with E-state index >= 15 is 0 Å². The Balaban J connectivity index is 1.43. The van der Waals surface area contributed by atoms with Crippen LogP contribution in [-0.2, 0) is 12.7 Å². The number of fused-ring (bicyclic) bond motifs is 1. The molecule has 1 fully saturated rings. The molecular formula is C25H22F5N7O. The topological polar surface area (TPSA) is 88.0 Å². The number of alkyl halides is 3. The second kappa shape index (κ2) is 10.1. The minimum absolute atomic E-state index is 0.100. The molecule has 8 nitrogen and oxygen atoms in total. The first-order chi connectivity index (χ1) is 18.1. The van der Waals surface area contributed by atoms with Gasteiger partial charge in [-0.2, -0.15) is 13.2 Å². The molecule has 2 aromatic heterocycles. The first-order valence-corrected chi connectivity index (χ1v) is 11.7. The summed E-state index contributed by atoms with van der Waals surface area (Å²) in [6.45, 7) is 5.53. The molecule has 1 saturated heterocycles. The molecule has 0 radical (unpaired) electrons. The van der Waals surface area contributed by atoms with Crippen LogP contribution in [0, 0.1) is 18.6 Å². The molecule has 2 aromatic carbocycles. The van der Waals surface area contributed by atoms with E-state index in [9.17, 15) is 26.7 Å². The number of hydrogen-bond donors (Lipinski definition) is 2. The molecule has 1 aliphatic rings. The summed E-state index contributed by atoms with van der Waals surface area (Å²) in [6, 6.07) is 9.11. The van der Waals surface area contributed by atoms with E-state index in [1.165, 1.54) is 6.92 Å². The van der Waals surface area contributed by atoms with Crippen LogP contribution in [0.2, 0.25) is 0 Å². The van der Waals surface area contributed by atoms with Gasteiger partial charge in [0, 0.05) is 44.2 Å². The van der Waals surface area contributed by atoms with Gasteiger partial charge in [-0.3, -0.25) is 9.69 Å². The standard InChI is InChI=1S/C25H22F5N7O/c1-14-10-16(26)3-5-20(14)37-23(25(28,29)30)22(34-35-37)24(38)33-21-12-18(27)17-11-15(2-4-19(17)32-21)13-36-8-6-31-7-9-36/h2-5,10-12,31H,6-9,13H2,1H3,(H,32,33,38). The molecule has 2 N–H and O–H groups in total. The Bertz CT molecular complexity index is 1510. The molecule has 0 unspecified atom stereocenters. The Kier molecular flexibility index (Phi) is 6.80. The molecule has 1 amide bonds. The van der Waals surface area contributed by atoms with Gasteiger partial charge < -0.3 is 10.6 Å². The summed E-state index contributed by atoms with van der Waals surface area (Å²) in [5.74, 6) is -2.88. The lowest BCUT2D eigenvalue weighted by Crippen LogP contribution is -2.42. The van der Waals surface area contributed by atoms with Gasteiger partial charge in [-0.05, 0) is 48.4 Å². The highest BCUT2D eigenvalue weighted by atomic mass is 19.4. The Hall–Kier alpha value is -3.97. The van der Waals surface area contributed by atoms with Crippen molar-refractivity contribution in [3.05, 3.63) is 76.6 Å². The molecular weight excluding hydrogens is 509 g/mol. The highest BCUT2D eigenvalue weighted by molar-refractivity contribution is 6.03. The highest BCUT2D eigenvalue weighted by Gasteiger charge is 2.42. The number of benzene rings is 2. The van der Waals surface area contributed by atoms with E-state index in [1.54, 1.807) is 18.2 Å². The summed E-state index contributed by atoms with van der Waals surface area (Å²) in [4.78, 5) is 19.3. The molecule has 198 valence electrons. The van der Waals surface area contributed by atoms with Crippen molar-refractivity contribution in [2.75, 3.05) is 31.5 Å². The number of amides is 1. The van der Waals surface area contributed by atoms with Crippen LogP contribution < -0.4 is 10.6 Å². The van der Waals surface area contributed by atoms with Crippen molar-refractivity contribution >= 4 is 22.6 Å². The third-order valence-corrected chi connectivity index (χ3v) is 6.22. The predicted octanol–water partition coefficient (Wildman–Crippen LogP) is 4.08. The van der Waals surface area contributed by atoms with Crippen LogP contribution in [0.1, 0.15) is 27.3 Å². The van der Waals surface area contributed by atoms with E-state index in [1.807, 2.05) is 0 Å². The van der Waals surface area contributed by atoms with Crippen LogP contribution in [0.3, 0.4) is 0 Å². The van der Waals surface area contributed by atoms with Crippen molar-refractivity contribution < 1.29 is 26.7 Å². The van der Waals surface area contributed by atoms with E-state index in [0.717, 1.165) is 56.0 Å². The summed E-state index contributed by atoms with van der Waals surface area (Å²) in [7, 11) is 0. The van der Waals surface area contributed by atoms with Crippen molar-refractivity contribution in [2.45, 2.75) is 19.6 Å². The second-order valence-electron chi connectivity index (χ2n) is 8.95. The highest BCUT2D eigenvalue weighted by Crippen LogP contribution is 2.34. The lowest BCUT2D eigenvalue weighted by molar-refractivity contribution is -0.143. The SMILES string of the molecule is Cc1cc(F)ccc1-n1nnc(C(=O)Nc2cc(F)c3cc(CN4CCNCC4)ccc3n2)c1C(F)(F)F. The Labute approximate surface area is 213 Å². The number of pyridine rings is 1. The minimum atomic E-state index is -5.03. The van der Waals surface area contributed by atoms with E-state index in [2.05, 4.69) is 30.8 Å². The normalized spacial score (nSPS) is 14.7. The zero-order chi connectivity index (χ0) is 27.0. The number of hydrogen-bond acceptors (Lipinski definition) is 6. The number of nitrogens with zero attached hydrogens (tertiary/aromatic N) is 5. The molecule has 1 aliphatic heterocycles. The maximum atomic E-state index is 15.0. The molecule has 4 aromatic rings. The van der Waals surface area contributed by atoms with Gasteiger partial charge in [-0.25, -0.2) is 18.4 Å². The summed E-state index contributed by atoms with van der Waals surface area (Å²) >= 11 is 0. The van der Waals surface area contributed by atoms with Crippen molar-refractivity contribution in [3.63, 3.8) is 0 Å². The third kappa shape index (κ3) is 5.20. The molecule has 0 atom stereocenters. The monoisotopic (exact) mass is 531 g/mol. The lowest BCUT2D eigenvalue weighted by atomic mass is 10.1. The number of piperazine rings is 1. The Morgan fingerprint density at radius 2 is 1.84 bits per heavy atom. The fourth-order valence-corrected chi connectivity index (χ4v) is 4.41. The molecule has 38 heavy (non-hydrogen) atoms. The molecule has 0 aliphatic carbocycles. The average Bonchev–Trinajstić information content (AvgIpc) is 3.31. The summed E-state index contributed by atoms with van der Waals surface area (Å²) < 4.78 is 70.8. The van der Waals surface area contributed by atoms with E-state index < -0.39 is 35.1 Å². The van der Waals surface area contributed by atoms with Crippen LogP contribution in [-0.4, -0.2) is 57.0 Å². The third-order valence-electron chi connectivity index (χ3n) is 6.22. The molecule has 5 rings (SSSR count). The minimum Gasteiger partial charge on any atom is -0.314 e. The molecule has 0 spiro atoms. The first kappa shape index (κ1) is 25.7. The first-order valence-electron chi connectivity index (χ1n) is 11.7. The maximum absolute atomic E-state index is 15.0. The zero-order valence-corrected chi connectivity index (χ0v) is 20.1. The number of carbonyl (C=O) groups is 1.